The van der Waals surface area contributed by atoms with Crippen LogP contribution in [0.1, 0.15) is 16.9 Å². The van der Waals surface area contributed by atoms with Crippen LogP contribution in [-0.4, -0.2) is 18.7 Å². The Morgan fingerprint density at radius 1 is 1.03 bits per heavy atom. The minimum atomic E-state index is -0.0267. The molecule has 1 aliphatic heterocycles. The molecule has 4 aromatic rings. The molecular formula is C26H22BrNO4. The van der Waals surface area contributed by atoms with Crippen LogP contribution in [0.3, 0.4) is 0 Å². The maximum atomic E-state index is 13.4. The molecule has 0 spiro atoms. The van der Waals surface area contributed by atoms with Crippen molar-refractivity contribution in [3.05, 3.63) is 92.2 Å². The van der Waals surface area contributed by atoms with Crippen molar-refractivity contribution in [2.75, 3.05) is 13.8 Å². The number of hydrogen-bond acceptors (Lipinski definition) is 5. The quantitative estimate of drug-likeness (QED) is 0.356. The van der Waals surface area contributed by atoms with Crippen LogP contribution in [0.2, 0.25) is 0 Å². The van der Waals surface area contributed by atoms with Crippen molar-refractivity contribution in [1.29, 1.82) is 0 Å². The summed E-state index contributed by atoms with van der Waals surface area (Å²) in [5.74, 6) is 2.20. The average molecular weight is 492 g/mol. The van der Waals surface area contributed by atoms with Crippen LogP contribution >= 0.6 is 15.9 Å². The summed E-state index contributed by atoms with van der Waals surface area (Å²) in [6.45, 7) is 3.68. The van der Waals surface area contributed by atoms with E-state index < -0.39 is 0 Å². The molecule has 5 nitrogen and oxygen atoms in total. The first-order valence-electron chi connectivity index (χ1n) is 10.4. The summed E-state index contributed by atoms with van der Waals surface area (Å²) in [4.78, 5) is 15.6. The first-order chi connectivity index (χ1) is 15.5. The Hall–Kier alpha value is -3.09. The monoisotopic (exact) mass is 491 g/mol. The number of hydrogen-bond donors (Lipinski definition) is 0. The van der Waals surface area contributed by atoms with E-state index in [4.69, 9.17) is 13.9 Å². The van der Waals surface area contributed by atoms with Gasteiger partial charge in [0.2, 0.25) is 5.43 Å². The van der Waals surface area contributed by atoms with E-state index >= 15 is 0 Å². The van der Waals surface area contributed by atoms with Crippen molar-refractivity contribution < 1.29 is 13.9 Å². The Kier molecular flexibility index (Phi) is 5.49. The molecule has 3 aromatic carbocycles. The second-order valence-electron chi connectivity index (χ2n) is 7.90. The molecule has 5 rings (SSSR count). The van der Waals surface area contributed by atoms with Crippen LogP contribution in [0.5, 0.6) is 11.5 Å². The molecular weight excluding hydrogens is 470 g/mol. The van der Waals surface area contributed by atoms with Crippen LogP contribution in [0.25, 0.3) is 22.1 Å². The minimum absolute atomic E-state index is 0.0267. The number of benzene rings is 3. The second-order valence-corrected chi connectivity index (χ2v) is 8.81. The normalized spacial score (nSPS) is 13.6. The highest BCUT2D eigenvalue weighted by molar-refractivity contribution is 9.10. The molecule has 0 radical (unpaired) electrons. The topological polar surface area (TPSA) is 51.9 Å². The summed E-state index contributed by atoms with van der Waals surface area (Å²) in [5, 5.41) is 0.571. The molecule has 0 unspecified atom stereocenters. The highest BCUT2D eigenvalue weighted by atomic mass is 79.9. The molecule has 0 atom stereocenters. The molecule has 0 fully saturated rings. The van der Waals surface area contributed by atoms with E-state index in [9.17, 15) is 4.79 Å². The third kappa shape index (κ3) is 3.80. The zero-order chi connectivity index (χ0) is 22.2. The fourth-order valence-electron chi connectivity index (χ4n) is 4.16. The van der Waals surface area contributed by atoms with Gasteiger partial charge in [-0.1, -0.05) is 40.2 Å². The fraction of sp³-hybridized carbons (Fsp3) is 0.192. The van der Waals surface area contributed by atoms with Gasteiger partial charge in [-0.05, 0) is 54.4 Å². The van der Waals surface area contributed by atoms with Crippen molar-refractivity contribution in [3.8, 4) is 22.6 Å². The van der Waals surface area contributed by atoms with Crippen LogP contribution in [0.4, 0.5) is 0 Å². The number of fused-ring (bicyclic) bond motifs is 3. The summed E-state index contributed by atoms with van der Waals surface area (Å²) >= 11 is 3.45. The number of ether oxygens (including phenoxy) is 2. The predicted octanol–water partition coefficient (Wildman–Crippen LogP) is 5.89. The zero-order valence-corrected chi connectivity index (χ0v) is 19.4. The first kappa shape index (κ1) is 20.8. The predicted molar refractivity (Wildman–Crippen MR) is 128 cm³/mol. The van der Waals surface area contributed by atoms with Crippen molar-refractivity contribution in [1.82, 2.24) is 4.90 Å². The van der Waals surface area contributed by atoms with Crippen molar-refractivity contribution in [2.24, 2.45) is 0 Å². The van der Waals surface area contributed by atoms with Crippen molar-refractivity contribution in [2.45, 2.75) is 20.0 Å². The minimum Gasteiger partial charge on any atom is -0.497 e. The second kappa shape index (κ2) is 8.45. The molecule has 0 bridgehead atoms. The molecule has 6 heteroatoms. The lowest BCUT2D eigenvalue weighted by Crippen LogP contribution is -2.31. The van der Waals surface area contributed by atoms with Gasteiger partial charge in [0.15, 0.2) is 0 Å². The van der Waals surface area contributed by atoms with E-state index in [1.807, 2.05) is 61.5 Å². The molecule has 0 amide bonds. The van der Waals surface area contributed by atoms with Crippen LogP contribution in [0.15, 0.2) is 74.3 Å². The molecule has 1 aliphatic rings. The number of aryl methyl sites for hydroxylation is 1. The van der Waals surface area contributed by atoms with Crippen LogP contribution < -0.4 is 14.9 Å². The van der Waals surface area contributed by atoms with Gasteiger partial charge in [-0.3, -0.25) is 9.69 Å². The number of nitrogens with zero attached hydrogens (tertiary/aromatic N) is 1. The fourth-order valence-corrected chi connectivity index (χ4v) is 4.42. The first-order valence-corrected chi connectivity index (χ1v) is 11.2. The highest BCUT2D eigenvalue weighted by Gasteiger charge is 2.24. The van der Waals surface area contributed by atoms with Crippen LogP contribution in [-0.2, 0) is 13.1 Å². The lowest BCUT2D eigenvalue weighted by molar-refractivity contribution is 0.0890. The number of halogens is 1. The molecule has 162 valence electrons. The summed E-state index contributed by atoms with van der Waals surface area (Å²) in [5.41, 5.74) is 4.08. The van der Waals surface area contributed by atoms with Gasteiger partial charge in [0, 0.05) is 17.6 Å². The SMILES string of the molecule is COc1ccc(CN2COc3ccc4c(=O)c(-c5ccc(Br)cc5)c(C)oc4c3C2)cc1. The maximum absolute atomic E-state index is 13.4. The van der Waals surface area contributed by atoms with E-state index in [0.717, 1.165) is 39.2 Å². The van der Waals surface area contributed by atoms with Gasteiger partial charge in [0.25, 0.3) is 0 Å². The molecule has 0 saturated carbocycles. The summed E-state index contributed by atoms with van der Waals surface area (Å²) in [7, 11) is 1.66. The third-order valence-corrected chi connectivity index (χ3v) is 6.31. The van der Waals surface area contributed by atoms with E-state index in [2.05, 4.69) is 20.8 Å². The van der Waals surface area contributed by atoms with Gasteiger partial charge in [-0.2, -0.15) is 0 Å². The standard InChI is InChI=1S/C26H22BrNO4/c1-16-24(18-5-7-19(27)8-6-18)25(29)21-11-12-23-22(26(21)32-16)14-28(15-31-23)13-17-3-9-20(30-2)10-4-17/h3-12H,13-15H2,1-2H3. The van der Waals surface area contributed by atoms with E-state index in [1.54, 1.807) is 13.2 Å². The van der Waals surface area contributed by atoms with Crippen molar-refractivity contribution in [3.63, 3.8) is 0 Å². The Morgan fingerprint density at radius 2 is 1.78 bits per heavy atom. The smallest absolute Gasteiger partial charge is 0.200 e. The summed E-state index contributed by atoms with van der Waals surface area (Å²) in [6, 6.07) is 19.4. The molecule has 1 aromatic heterocycles. The maximum Gasteiger partial charge on any atom is 0.200 e. The summed E-state index contributed by atoms with van der Waals surface area (Å²) in [6.07, 6.45) is 0. The lowest BCUT2D eigenvalue weighted by Gasteiger charge is -2.29. The van der Waals surface area contributed by atoms with Crippen LogP contribution in [0, 0.1) is 6.92 Å². The van der Waals surface area contributed by atoms with Crippen molar-refractivity contribution >= 4 is 26.9 Å². The van der Waals surface area contributed by atoms with E-state index in [0.29, 0.717) is 35.6 Å². The molecule has 2 heterocycles. The largest absolute Gasteiger partial charge is 0.497 e. The molecule has 32 heavy (non-hydrogen) atoms. The van der Waals surface area contributed by atoms with Gasteiger partial charge in [-0.25, -0.2) is 0 Å². The average Bonchev–Trinajstić information content (AvgIpc) is 2.81. The highest BCUT2D eigenvalue weighted by Crippen LogP contribution is 2.34. The van der Waals surface area contributed by atoms with E-state index in [-0.39, 0.29) is 5.43 Å². The summed E-state index contributed by atoms with van der Waals surface area (Å²) < 4.78 is 18.5. The Labute approximate surface area is 194 Å². The van der Waals surface area contributed by atoms with Gasteiger partial charge in [0.05, 0.1) is 23.6 Å². The zero-order valence-electron chi connectivity index (χ0n) is 17.9. The third-order valence-electron chi connectivity index (χ3n) is 5.78. The number of methoxy groups -OCH3 is 1. The van der Waals surface area contributed by atoms with Gasteiger partial charge >= 0.3 is 0 Å². The Bertz CT molecular complexity index is 1340. The van der Waals surface area contributed by atoms with Gasteiger partial charge < -0.3 is 13.9 Å². The van der Waals surface area contributed by atoms with Gasteiger partial charge in [0.1, 0.15) is 29.6 Å². The number of rotatable bonds is 4. The lowest BCUT2D eigenvalue weighted by atomic mass is 10.0. The molecule has 0 N–H and O–H groups in total. The van der Waals surface area contributed by atoms with E-state index in [1.165, 1.54) is 0 Å². The van der Waals surface area contributed by atoms with Gasteiger partial charge in [-0.15, -0.1) is 0 Å². The Morgan fingerprint density at radius 3 is 2.50 bits per heavy atom. The molecule has 0 saturated heterocycles. The Balaban J connectivity index is 1.52. The molecule has 0 aliphatic carbocycles.